The van der Waals surface area contributed by atoms with E-state index in [1.165, 1.54) is 0 Å². The van der Waals surface area contributed by atoms with Gasteiger partial charge in [-0.05, 0) is 49.4 Å². The van der Waals surface area contributed by atoms with E-state index in [2.05, 4.69) is 0 Å². The third-order valence-corrected chi connectivity index (χ3v) is 7.18. The summed E-state index contributed by atoms with van der Waals surface area (Å²) in [5.74, 6) is -1.26. The highest BCUT2D eigenvalue weighted by Crippen LogP contribution is 2.44. The summed E-state index contributed by atoms with van der Waals surface area (Å²) in [6, 6.07) is 14.5. The van der Waals surface area contributed by atoms with E-state index >= 15 is 0 Å². The van der Waals surface area contributed by atoms with Gasteiger partial charge in [0.05, 0.1) is 5.75 Å². The predicted octanol–water partition coefficient (Wildman–Crippen LogP) is 3.68. The lowest BCUT2D eigenvalue weighted by molar-refractivity contribution is -0.158. The summed E-state index contributed by atoms with van der Waals surface area (Å²) in [5.41, 5.74) is 3.38. The topological polar surface area (TPSA) is 90.0 Å². The average Bonchev–Trinajstić information content (AvgIpc) is 3.19. The van der Waals surface area contributed by atoms with E-state index < -0.39 is 33.7 Å². The maximum atomic E-state index is 12.8. The van der Waals surface area contributed by atoms with Crippen molar-refractivity contribution in [3.05, 3.63) is 59.7 Å². The van der Waals surface area contributed by atoms with Crippen LogP contribution in [0.15, 0.2) is 48.5 Å². The van der Waals surface area contributed by atoms with E-state index in [4.69, 9.17) is 9.47 Å². The van der Waals surface area contributed by atoms with Crippen molar-refractivity contribution in [2.45, 2.75) is 44.8 Å². The van der Waals surface area contributed by atoms with Crippen molar-refractivity contribution >= 4 is 22.1 Å². The number of rotatable bonds is 3. The summed E-state index contributed by atoms with van der Waals surface area (Å²) < 4.78 is 36.3. The first-order chi connectivity index (χ1) is 14.6. The van der Waals surface area contributed by atoms with Gasteiger partial charge in [0.25, 0.3) is 0 Å². The van der Waals surface area contributed by atoms with Crippen molar-refractivity contribution in [2.75, 3.05) is 12.4 Å². The van der Waals surface area contributed by atoms with Gasteiger partial charge in [-0.2, -0.15) is 4.31 Å². The molecule has 1 saturated heterocycles. The fraction of sp³-hybridized carbons (Fsp3) is 0.391. The Balaban J connectivity index is 1.55. The number of nitrogens with zero attached hydrogens (tertiary/aromatic N) is 1. The number of hydrogen-bond acceptors (Lipinski definition) is 6. The summed E-state index contributed by atoms with van der Waals surface area (Å²) in [7, 11) is -3.94. The van der Waals surface area contributed by atoms with Crippen LogP contribution in [0.2, 0.25) is 0 Å². The minimum Gasteiger partial charge on any atom is -0.458 e. The highest BCUT2D eigenvalue weighted by molar-refractivity contribution is 7.89. The number of benzene rings is 2. The second kappa shape index (κ2) is 7.67. The molecule has 0 radical (unpaired) electrons. The van der Waals surface area contributed by atoms with E-state index in [9.17, 15) is 18.0 Å². The van der Waals surface area contributed by atoms with E-state index in [0.29, 0.717) is 4.31 Å². The summed E-state index contributed by atoms with van der Waals surface area (Å²) in [6.07, 6.45) is -1.06. The van der Waals surface area contributed by atoms with E-state index in [1.807, 2.05) is 48.5 Å². The largest absolute Gasteiger partial charge is 0.458 e. The molecule has 1 amide bonds. The Bertz CT molecular complexity index is 1090. The summed E-state index contributed by atoms with van der Waals surface area (Å²) in [4.78, 5) is 25.4. The minimum atomic E-state index is -3.94. The zero-order valence-electron chi connectivity index (χ0n) is 17.7. The molecule has 164 valence electrons. The first-order valence-electron chi connectivity index (χ1n) is 10.2. The van der Waals surface area contributed by atoms with Crippen LogP contribution in [0.3, 0.4) is 0 Å². The second-order valence-corrected chi connectivity index (χ2v) is 10.7. The fourth-order valence-corrected chi connectivity index (χ4v) is 5.73. The molecule has 8 heteroatoms. The first-order valence-corrected chi connectivity index (χ1v) is 11.8. The molecule has 31 heavy (non-hydrogen) atoms. The molecule has 1 heterocycles. The molecule has 0 aromatic heterocycles. The number of esters is 1. The number of amides is 1. The van der Waals surface area contributed by atoms with Crippen LogP contribution in [-0.2, 0) is 24.3 Å². The van der Waals surface area contributed by atoms with Crippen molar-refractivity contribution < 1.29 is 27.5 Å². The monoisotopic (exact) mass is 443 g/mol. The summed E-state index contributed by atoms with van der Waals surface area (Å²) in [6.45, 7) is 5.03. The van der Waals surface area contributed by atoms with Crippen LogP contribution in [0.1, 0.15) is 44.2 Å². The molecule has 0 unspecified atom stereocenters. The van der Waals surface area contributed by atoms with Gasteiger partial charge in [-0.3, -0.25) is 0 Å². The summed E-state index contributed by atoms with van der Waals surface area (Å²) in [5, 5.41) is 0. The molecule has 2 aliphatic rings. The Kier molecular flexibility index (Phi) is 5.29. The van der Waals surface area contributed by atoms with Gasteiger partial charge in [0.2, 0.25) is 10.0 Å². The van der Waals surface area contributed by atoms with Crippen molar-refractivity contribution in [2.24, 2.45) is 0 Å². The van der Waals surface area contributed by atoms with Crippen LogP contribution in [0.5, 0.6) is 0 Å². The third-order valence-electron chi connectivity index (χ3n) is 5.43. The predicted molar refractivity (Wildman–Crippen MR) is 115 cm³/mol. The maximum absolute atomic E-state index is 12.8. The van der Waals surface area contributed by atoms with Crippen molar-refractivity contribution in [1.29, 1.82) is 0 Å². The molecule has 7 nitrogen and oxygen atoms in total. The van der Waals surface area contributed by atoms with Crippen LogP contribution in [0.25, 0.3) is 11.1 Å². The smallest absolute Gasteiger partial charge is 0.424 e. The van der Waals surface area contributed by atoms with Crippen molar-refractivity contribution in [1.82, 2.24) is 4.31 Å². The molecule has 0 bridgehead atoms. The molecule has 1 fully saturated rings. The van der Waals surface area contributed by atoms with Crippen molar-refractivity contribution in [3.8, 4) is 11.1 Å². The van der Waals surface area contributed by atoms with Crippen LogP contribution in [0.4, 0.5) is 4.79 Å². The van der Waals surface area contributed by atoms with Gasteiger partial charge in [-0.15, -0.1) is 0 Å². The Morgan fingerprint density at radius 2 is 1.55 bits per heavy atom. The molecule has 1 aliphatic carbocycles. The lowest BCUT2D eigenvalue weighted by Gasteiger charge is -2.26. The Morgan fingerprint density at radius 1 is 1.00 bits per heavy atom. The van der Waals surface area contributed by atoms with Crippen LogP contribution >= 0.6 is 0 Å². The van der Waals surface area contributed by atoms with Crippen molar-refractivity contribution in [3.63, 3.8) is 0 Å². The van der Waals surface area contributed by atoms with Gasteiger partial charge in [0.15, 0.2) is 0 Å². The Hall–Kier alpha value is -2.87. The zero-order chi connectivity index (χ0) is 22.4. The average molecular weight is 444 g/mol. The number of fused-ring (bicyclic) bond motifs is 3. The number of hydrogen-bond donors (Lipinski definition) is 0. The maximum Gasteiger partial charge on any atom is 0.424 e. The van der Waals surface area contributed by atoms with Gasteiger partial charge in [-0.25, -0.2) is 18.0 Å². The molecule has 1 atom stereocenters. The molecule has 2 aromatic rings. The van der Waals surface area contributed by atoms with Crippen LogP contribution in [-0.4, -0.2) is 48.8 Å². The van der Waals surface area contributed by atoms with E-state index in [0.717, 1.165) is 22.3 Å². The molecule has 0 spiro atoms. The van der Waals surface area contributed by atoms with E-state index in [1.54, 1.807) is 20.8 Å². The Morgan fingerprint density at radius 3 is 2.10 bits per heavy atom. The van der Waals surface area contributed by atoms with Gasteiger partial charge in [0.1, 0.15) is 18.2 Å². The SMILES string of the molecule is CC(C)(C)OC(=O)[C@@H]1CCS(=O)(=O)N1C(=O)OCC1c2ccccc2-c2ccccc21. The number of ether oxygens (including phenoxy) is 2. The summed E-state index contributed by atoms with van der Waals surface area (Å²) >= 11 is 0. The fourth-order valence-electron chi connectivity index (χ4n) is 4.15. The quantitative estimate of drug-likeness (QED) is 0.672. The molecule has 4 rings (SSSR count). The van der Waals surface area contributed by atoms with Gasteiger partial charge in [0, 0.05) is 5.92 Å². The molecular weight excluding hydrogens is 418 g/mol. The number of sulfonamides is 1. The van der Waals surface area contributed by atoms with Crippen LogP contribution < -0.4 is 0 Å². The molecular formula is C23H25NO6S. The standard InChI is InChI=1S/C23H25NO6S/c1-23(2,3)30-21(25)20-12-13-31(27,28)24(20)22(26)29-14-19-17-10-6-4-8-15(17)16-9-5-7-11-18(16)19/h4-11,19-20H,12-14H2,1-3H3/t20-/m0/s1. The molecule has 2 aromatic carbocycles. The van der Waals surface area contributed by atoms with E-state index in [-0.39, 0.29) is 24.7 Å². The minimum absolute atomic E-state index is 0.0125. The normalized spacial score (nSPS) is 19.6. The van der Waals surface area contributed by atoms with Gasteiger partial charge in [-0.1, -0.05) is 48.5 Å². The lowest BCUT2D eigenvalue weighted by atomic mass is 9.98. The highest BCUT2D eigenvalue weighted by atomic mass is 32.2. The number of carbonyl (C=O) groups excluding carboxylic acids is 2. The highest BCUT2D eigenvalue weighted by Gasteiger charge is 2.47. The van der Waals surface area contributed by atoms with Gasteiger partial charge < -0.3 is 9.47 Å². The Labute approximate surface area is 182 Å². The third kappa shape index (κ3) is 4.04. The zero-order valence-corrected chi connectivity index (χ0v) is 18.5. The lowest BCUT2D eigenvalue weighted by Crippen LogP contribution is -2.45. The molecule has 0 saturated carbocycles. The molecule has 0 N–H and O–H groups in total. The first kappa shape index (κ1) is 21.4. The molecule has 1 aliphatic heterocycles. The number of carbonyl (C=O) groups is 2. The van der Waals surface area contributed by atoms with Gasteiger partial charge >= 0.3 is 12.1 Å². The second-order valence-electron chi connectivity index (χ2n) is 8.75. The van der Waals surface area contributed by atoms with Crippen LogP contribution in [0, 0.1) is 0 Å².